The zero-order chi connectivity index (χ0) is 26.7. The van der Waals surface area contributed by atoms with Gasteiger partial charge in [0.05, 0.1) is 39.5 Å². The Morgan fingerprint density at radius 1 is 1.11 bits per heavy atom. The van der Waals surface area contributed by atoms with Crippen LogP contribution in [0.3, 0.4) is 0 Å². The van der Waals surface area contributed by atoms with Gasteiger partial charge in [0.1, 0.15) is 0 Å². The molecular weight excluding hydrogens is 508 g/mol. The van der Waals surface area contributed by atoms with Crippen molar-refractivity contribution in [3.05, 3.63) is 89.0 Å². The number of thiazole rings is 1. The molecule has 0 amide bonds. The number of rotatable bonds is 4. The van der Waals surface area contributed by atoms with Crippen molar-refractivity contribution in [2.75, 3.05) is 13.4 Å². The Morgan fingerprint density at radius 2 is 1.87 bits per heavy atom. The molecule has 2 aromatic heterocycles. The molecule has 0 aliphatic carbocycles. The highest BCUT2D eigenvalue weighted by molar-refractivity contribution is 7.07. The van der Waals surface area contributed by atoms with Crippen LogP contribution in [-0.4, -0.2) is 33.1 Å². The first-order valence-corrected chi connectivity index (χ1v) is 12.8. The van der Waals surface area contributed by atoms with E-state index in [1.165, 1.54) is 15.9 Å². The van der Waals surface area contributed by atoms with Crippen LogP contribution in [0.25, 0.3) is 17.1 Å². The van der Waals surface area contributed by atoms with Crippen molar-refractivity contribution in [3.63, 3.8) is 0 Å². The molecule has 0 saturated heterocycles. The van der Waals surface area contributed by atoms with Gasteiger partial charge in [-0.3, -0.25) is 18.5 Å². The molecule has 0 bridgehead atoms. The molecule has 2 aromatic carbocycles. The third-order valence-electron chi connectivity index (χ3n) is 6.82. The molecule has 2 aliphatic rings. The first-order valence-electron chi connectivity index (χ1n) is 12.0. The van der Waals surface area contributed by atoms with Crippen molar-refractivity contribution in [3.8, 4) is 11.5 Å². The average molecular weight is 533 g/mol. The third kappa shape index (κ3) is 3.61. The second-order valence-corrected chi connectivity index (χ2v) is 10.1. The minimum absolute atomic E-state index is 0.110. The van der Waals surface area contributed by atoms with E-state index in [1.54, 1.807) is 55.3 Å². The number of ether oxygens (including phenoxy) is 3. The molecule has 38 heavy (non-hydrogen) atoms. The fraction of sp³-hybridized carbons (Fsp3) is 0.259. The van der Waals surface area contributed by atoms with Crippen LogP contribution in [-0.2, 0) is 23.6 Å². The molecular formula is C27H24N4O6S. The summed E-state index contributed by atoms with van der Waals surface area (Å²) in [6, 6.07) is 10.2. The Morgan fingerprint density at radius 3 is 2.66 bits per heavy atom. The maximum Gasteiger partial charge on any atom is 0.338 e. The van der Waals surface area contributed by atoms with E-state index in [0.29, 0.717) is 37.7 Å². The minimum Gasteiger partial charge on any atom is -0.463 e. The number of hydrogen-bond donors (Lipinski definition) is 0. The van der Waals surface area contributed by atoms with Gasteiger partial charge in [0, 0.05) is 14.1 Å². The summed E-state index contributed by atoms with van der Waals surface area (Å²) in [4.78, 5) is 44.4. The van der Waals surface area contributed by atoms with Crippen LogP contribution in [0.15, 0.2) is 62.2 Å². The Kier molecular flexibility index (Phi) is 5.60. The molecule has 1 atom stereocenters. The largest absolute Gasteiger partial charge is 0.463 e. The topological polar surface area (TPSA) is 106 Å². The van der Waals surface area contributed by atoms with Gasteiger partial charge in [-0.15, -0.1) is 0 Å². The number of fused-ring (bicyclic) bond motifs is 3. The van der Waals surface area contributed by atoms with Crippen molar-refractivity contribution >= 4 is 34.4 Å². The van der Waals surface area contributed by atoms with Gasteiger partial charge in [0.25, 0.3) is 5.56 Å². The van der Waals surface area contributed by atoms with E-state index < -0.39 is 12.0 Å². The van der Waals surface area contributed by atoms with E-state index in [2.05, 4.69) is 4.99 Å². The van der Waals surface area contributed by atoms with Crippen molar-refractivity contribution in [1.29, 1.82) is 0 Å². The lowest BCUT2D eigenvalue weighted by atomic mass is 9.95. The summed E-state index contributed by atoms with van der Waals surface area (Å²) in [5.41, 5.74) is 3.39. The fourth-order valence-electron chi connectivity index (χ4n) is 4.96. The molecule has 194 valence electrons. The number of benzene rings is 2. The van der Waals surface area contributed by atoms with Gasteiger partial charge in [-0.05, 0) is 55.3 Å². The number of esters is 1. The third-order valence-corrected chi connectivity index (χ3v) is 7.81. The van der Waals surface area contributed by atoms with E-state index in [1.807, 2.05) is 24.3 Å². The van der Waals surface area contributed by atoms with Crippen LogP contribution in [0.4, 0.5) is 0 Å². The average Bonchev–Trinajstić information content (AvgIpc) is 3.55. The smallest absolute Gasteiger partial charge is 0.338 e. The van der Waals surface area contributed by atoms with Crippen LogP contribution in [0.1, 0.15) is 31.0 Å². The van der Waals surface area contributed by atoms with Crippen molar-refractivity contribution in [2.24, 2.45) is 19.1 Å². The lowest BCUT2D eigenvalue weighted by molar-refractivity contribution is -0.139. The second-order valence-electron chi connectivity index (χ2n) is 9.06. The van der Waals surface area contributed by atoms with E-state index in [9.17, 15) is 14.4 Å². The summed E-state index contributed by atoms with van der Waals surface area (Å²) in [6.07, 6.45) is 1.78. The fourth-order valence-corrected chi connectivity index (χ4v) is 6.00. The quantitative estimate of drug-likeness (QED) is 0.371. The number of allylic oxidation sites excluding steroid dienone is 1. The molecule has 0 fully saturated rings. The first kappa shape index (κ1) is 24.0. The summed E-state index contributed by atoms with van der Waals surface area (Å²) in [6.45, 7) is 3.78. The van der Waals surface area contributed by atoms with Crippen LogP contribution in [0, 0.1) is 0 Å². The highest BCUT2D eigenvalue weighted by Crippen LogP contribution is 2.38. The molecule has 6 rings (SSSR count). The number of carbonyl (C=O) groups excluding carboxylic acids is 1. The highest BCUT2D eigenvalue weighted by atomic mass is 32.1. The van der Waals surface area contributed by atoms with Crippen molar-refractivity contribution < 1.29 is 19.0 Å². The maximum atomic E-state index is 13.8. The number of imidazole rings is 1. The number of aryl methyl sites for hydroxylation is 2. The van der Waals surface area contributed by atoms with Crippen molar-refractivity contribution in [1.82, 2.24) is 13.7 Å². The van der Waals surface area contributed by atoms with Crippen LogP contribution in [0.2, 0.25) is 0 Å². The van der Waals surface area contributed by atoms with Gasteiger partial charge >= 0.3 is 11.7 Å². The summed E-state index contributed by atoms with van der Waals surface area (Å²) >= 11 is 1.24. The summed E-state index contributed by atoms with van der Waals surface area (Å²) in [5, 5.41) is 0. The lowest BCUT2D eigenvalue weighted by Gasteiger charge is -2.24. The van der Waals surface area contributed by atoms with Crippen LogP contribution >= 0.6 is 11.3 Å². The molecule has 1 unspecified atom stereocenters. The predicted octanol–water partition coefficient (Wildman–Crippen LogP) is 1.72. The molecule has 4 aromatic rings. The molecule has 0 radical (unpaired) electrons. The normalized spacial score (nSPS) is 16.6. The Bertz CT molecular complexity index is 1920. The minimum atomic E-state index is -0.751. The molecule has 0 N–H and O–H groups in total. The van der Waals surface area contributed by atoms with Gasteiger partial charge in [-0.1, -0.05) is 23.5 Å². The molecule has 2 aliphatic heterocycles. The Balaban J connectivity index is 1.55. The standard InChI is InChI=1S/C27H24N4O6S/c1-5-35-25(33)22-14(2)28-26-31(23(22)16-7-9-19-20(12-16)37-13-36-19)24(32)21(38-26)11-15-6-8-17-18(10-15)30(4)27(34)29(17)3/h6-12,23H,5,13H2,1-4H3. The van der Waals surface area contributed by atoms with Gasteiger partial charge in [0.15, 0.2) is 16.3 Å². The predicted molar refractivity (Wildman–Crippen MR) is 141 cm³/mol. The van der Waals surface area contributed by atoms with Gasteiger partial charge in [-0.25, -0.2) is 14.6 Å². The van der Waals surface area contributed by atoms with Gasteiger partial charge < -0.3 is 14.2 Å². The lowest BCUT2D eigenvalue weighted by Crippen LogP contribution is -2.39. The van der Waals surface area contributed by atoms with E-state index >= 15 is 0 Å². The van der Waals surface area contributed by atoms with Gasteiger partial charge in [0.2, 0.25) is 6.79 Å². The molecule has 0 saturated carbocycles. The number of hydrogen-bond acceptors (Lipinski definition) is 8. The maximum absolute atomic E-state index is 13.8. The summed E-state index contributed by atoms with van der Waals surface area (Å²) < 4.78 is 21.5. The number of carbonyl (C=O) groups is 1. The monoisotopic (exact) mass is 532 g/mol. The van der Waals surface area contributed by atoms with Crippen molar-refractivity contribution in [2.45, 2.75) is 19.9 Å². The molecule has 4 heterocycles. The molecule has 0 spiro atoms. The summed E-state index contributed by atoms with van der Waals surface area (Å²) in [5.74, 6) is 0.621. The zero-order valence-electron chi connectivity index (χ0n) is 21.2. The molecule has 11 heteroatoms. The zero-order valence-corrected chi connectivity index (χ0v) is 22.0. The Labute approximate surface area is 219 Å². The highest BCUT2D eigenvalue weighted by Gasteiger charge is 2.34. The summed E-state index contributed by atoms with van der Waals surface area (Å²) in [7, 11) is 3.44. The van der Waals surface area contributed by atoms with Crippen LogP contribution in [0.5, 0.6) is 11.5 Å². The van der Waals surface area contributed by atoms with E-state index in [-0.39, 0.29) is 24.6 Å². The van der Waals surface area contributed by atoms with Crippen LogP contribution < -0.4 is 30.1 Å². The van der Waals surface area contributed by atoms with E-state index in [0.717, 1.165) is 16.6 Å². The second kappa shape index (κ2) is 8.88. The molecule has 10 nitrogen and oxygen atoms in total. The number of nitrogens with zero attached hydrogens (tertiary/aromatic N) is 4. The first-order chi connectivity index (χ1) is 18.3. The van der Waals surface area contributed by atoms with Gasteiger partial charge in [-0.2, -0.15) is 0 Å². The Hall–Kier alpha value is -4.38. The number of aromatic nitrogens is 3. The van der Waals surface area contributed by atoms with E-state index in [4.69, 9.17) is 14.2 Å². The SMILES string of the molecule is CCOC(=O)C1=C(C)N=c2sc(=Cc3ccc4c(c3)n(C)c(=O)n4C)c(=O)n2C1c1ccc2c(c1)OCO2.